The third-order valence-corrected chi connectivity index (χ3v) is 0.861. The van der Waals surface area contributed by atoms with E-state index in [-0.39, 0.29) is 34.6 Å². The van der Waals surface area contributed by atoms with Gasteiger partial charge in [-0.25, -0.2) is 0 Å². The van der Waals surface area contributed by atoms with E-state index in [2.05, 4.69) is 14.2 Å². The van der Waals surface area contributed by atoms with E-state index in [9.17, 15) is 0 Å². The maximum Gasteiger partial charge on any atom is 0.180 e. The maximum absolute atomic E-state index is 7.94. The number of methoxy groups -OCH3 is 2. The van der Waals surface area contributed by atoms with Gasteiger partial charge in [0.2, 0.25) is 0 Å². The summed E-state index contributed by atoms with van der Waals surface area (Å²) < 4.78 is 13.7. The van der Waals surface area contributed by atoms with E-state index in [4.69, 9.17) is 5.11 Å². The molecule has 66 valence electrons. The first-order valence-electron chi connectivity index (χ1n) is 3.09. The third kappa shape index (κ3) is 13.5. The van der Waals surface area contributed by atoms with Crippen molar-refractivity contribution in [1.29, 1.82) is 0 Å². The van der Waals surface area contributed by atoms with Crippen LogP contribution >= 0.6 is 0 Å². The quantitative estimate of drug-likeness (QED) is 0.495. The van der Waals surface area contributed by atoms with E-state index >= 15 is 0 Å². The van der Waals surface area contributed by atoms with Crippen LogP contribution in [-0.2, 0) is 35.9 Å². The summed E-state index contributed by atoms with van der Waals surface area (Å²) in [7, 11) is 3.19. The molecule has 0 aliphatic carbocycles. The number of hydrogen-bond acceptors (Lipinski definition) is 4. The molecule has 0 amide bonds. The van der Waals surface area contributed by atoms with Gasteiger partial charge in [-0.3, -0.25) is 0 Å². The summed E-state index contributed by atoms with van der Waals surface area (Å²) in [4.78, 5) is 0. The summed E-state index contributed by atoms with van der Waals surface area (Å²) in [5.41, 5.74) is 0. The van der Waals surface area contributed by atoms with Gasteiger partial charge in [0.25, 0.3) is 0 Å². The van der Waals surface area contributed by atoms with Crippen molar-refractivity contribution >= 4 is 0 Å². The number of ether oxygens (including phenoxy) is 3. The average Bonchev–Trinajstić information content (AvgIpc) is 2.72. The van der Waals surface area contributed by atoms with Gasteiger partial charge >= 0.3 is 0 Å². The second kappa shape index (κ2) is 10.6. The maximum atomic E-state index is 7.94. The van der Waals surface area contributed by atoms with Crippen LogP contribution < -0.4 is 0 Å². The predicted octanol–water partition coefficient (Wildman–Crippen LogP) is -0.388. The van der Waals surface area contributed by atoms with Crippen LogP contribution in [0.1, 0.15) is 0 Å². The van der Waals surface area contributed by atoms with Crippen LogP contribution in [0.4, 0.5) is 0 Å². The predicted molar refractivity (Wildman–Crippen MR) is 35.7 cm³/mol. The van der Waals surface area contributed by atoms with Crippen molar-refractivity contribution in [3.63, 3.8) is 0 Å². The SMILES string of the molecule is COC1CO1.COCCO.[Ti]. The van der Waals surface area contributed by atoms with Gasteiger partial charge in [-0.15, -0.1) is 0 Å². The number of aliphatic hydroxyl groups is 1. The van der Waals surface area contributed by atoms with E-state index in [1.165, 1.54) is 0 Å². The Morgan fingerprint density at radius 3 is 2.09 bits per heavy atom. The van der Waals surface area contributed by atoms with E-state index in [0.717, 1.165) is 6.61 Å². The van der Waals surface area contributed by atoms with Crippen LogP contribution in [0.25, 0.3) is 0 Å². The van der Waals surface area contributed by atoms with E-state index in [1.807, 2.05) is 0 Å². The molecule has 1 unspecified atom stereocenters. The zero-order valence-corrected chi connectivity index (χ0v) is 8.43. The van der Waals surface area contributed by atoms with Gasteiger partial charge in [0, 0.05) is 35.9 Å². The van der Waals surface area contributed by atoms with Crippen molar-refractivity contribution in [3.8, 4) is 0 Å². The molecule has 1 aliphatic heterocycles. The molecule has 0 spiro atoms. The normalized spacial score (nSPS) is 19.4. The zero-order valence-electron chi connectivity index (χ0n) is 6.87. The Bertz CT molecular complexity index is 65.6. The smallest absolute Gasteiger partial charge is 0.180 e. The topological polar surface area (TPSA) is 51.2 Å². The molecule has 0 aromatic carbocycles. The molecule has 11 heavy (non-hydrogen) atoms. The van der Waals surface area contributed by atoms with Crippen LogP contribution in [0.15, 0.2) is 0 Å². The summed E-state index contributed by atoms with van der Waals surface area (Å²) in [6.45, 7) is 1.35. The molecular weight excluding hydrogens is 184 g/mol. The average molecular weight is 198 g/mol. The van der Waals surface area contributed by atoms with Crippen LogP contribution in [0, 0.1) is 0 Å². The summed E-state index contributed by atoms with van der Waals surface area (Å²) in [6.07, 6.45) is 0.134. The molecule has 1 rings (SSSR count). The molecule has 1 N–H and O–H groups in total. The number of epoxide rings is 1. The minimum absolute atomic E-state index is 0. The van der Waals surface area contributed by atoms with Gasteiger partial charge in [0.05, 0.1) is 13.2 Å². The van der Waals surface area contributed by atoms with Gasteiger partial charge in [-0.2, -0.15) is 0 Å². The Hall–Kier alpha value is 0.554. The van der Waals surface area contributed by atoms with Crippen molar-refractivity contribution in [1.82, 2.24) is 0 Å². The van der Waals surface area contributed by atoms with Gasteiger partial charge in [-0.1, -0.05) is 0 Å². The Kier molecular flexibility index (Phi) is 13.5. The Balaban J connectivity index is 0. The summed E-state index contributed by atoms with van der Waals surface area (Å²) in [5, 5.41) is 7.94. The molecule has 1 fully saturated rings. The van der Waals surface area contributed by atoms with Crippen molar-refractivity contribution in [2.45, 2.75) is 6.29 Å². The van der Waals surface area contributed by atoms with Gasteiger partial charge < -0.3 is 19.3 Å². The molecule has 1 saturated heterocycles. The molecule has 0 aromatic rings. The first kappa shape index (κ1) is 14.1. The van der Waals surface area contributed by atoms with E-state index in [1.54, 1.807) is 14.2 Å². The van der Waals surface area contributed by atoms with Gasteiger partial charge in [0.1, 0.15) is 6.61 Å². The molecule has 0 radical (unpaired) electrons. The Morgan fingerprint density at radius 2 is 2.09 bits per heavy atom. The van der Waals surface area contributed by atoms with Crippen LogP contribution in [-0.4, -0.2) is 45.4 Å². The molecule has 0 bridgehead atoms. The van der Waals surface area contributed by atoms with Gasteiger partial charge in [-0.05, 0) is 0 Å². The third-order valence-electron chi connectivity index (χ3n) is 0.861. The van der Waals surface area contributed by atoms with Crippen molar-refractivity contribution < 1.29 is 41.0 Å². The molecular formula is C6H14O4Ti. The van der Waals surface area contributed by atoms with E-state index < -0.39 is 0 Å². The Labute approximate surface area is 81.7 Å². The molecule has 0 saturated carbocycles. The standard InChI is InChI=1S/C3H6O2.C3H8O2.Ti/c1-4-3-2-5-3;1-5-3-2-4;/h3H,2H2,1H3;4H,2-3H2,1H3;. The van der Waals surface area contributed by atoms with Crippen LogP contribution in [0.3, 0.4) is 0 Å². The van der Waals surface area contributed by atoms with Crippen molar-refractivity contribution in [3.05, 3.63) is 0 Å². The fourth-order valence-electron chi connectivity index (χ4n) is 0.267. The fourth-order valence-corrected chi connectivity index (χ4v) is 0.267. The van der Waals surface area contributed by atoms with Crippen LogP contribution in [0.5, 0.6) is 0 Å². The van der Waals surface area contributed by atoms with E-state index in [0.29, 0.717) is 6.61 Å². The second-order valence-electron chi connectivity index (χ2n) is 1.72. The minimum atomic E-state index is 0. The molecule has 4 nitrogen and oxygen atoms in total. The second-order valence-corrected chi connectivity index (χ2v) is 1.72. The first-order chi connectivity index (χ1) is 4.85. The fraction of sp³-hybridized carbons (Fsp3) is 1.00. The largest absolute Gasteiger partial charge is 0.394 e. The van der Waals surface area contributed by atoms with Crippen LogP contribution in [0.2, 0.25) is 0 Å². The van der Waals surface area contributed by atoms with Gasteiger partial charge in [0.15, 0.2) is 6.29 Å². The minimum Gasteiger partial charge on any atom is -0.394 e. The van der Waals surface area contributed by atoms with Crippen molar-refractivity contribution in [2.24, 2.45) is 0 Å². The monoisotopic (exact) mass is 198 g/mol. The summed E-state index contributed by atoms with van der Waals surface area (Å²) in [5.74, 6) is 0. The summed E-state index contributed by atoms with van der Waals surface area (Å²) in [6, 6.07) is 0. The number of aliphatic hydroxyl groups excluding tert-OH is 1. The Morgan fingerprint density at radius 1 is 1.55 bits per heavy atom. The molecule has 0 aromatic heterocycles. The zero-order chi connectivity index (χ0) is 7.82. The van der Waals surface area contributed by atoms with Crippen molar-refractivity contribution in [2.75, 3.05) is 34.0 Å². The number of hydrogen-bond donors (Lipinski definition) is 1. The number of rotatable bonds is 3. The molecule has 1 aliphatic rings. The molecule has 1 heterocycles. The molecule has 5 heteroatoms. The molecule has 1 atom stereocenters. The summed E-state index contributed by atoms with van der Waals surface area (Å²) >= 11 is 0. The first-order valence-corrected chi connectivity index (χ1v) is 3.09.